The van der Waals surface area contributed by atoms with Crippen molar-refractivity contribution in [3.05, 3.63) is 47.5 Å². The Morgan fingerprint density at radius 1 is 1.32 bits per heavy atom. The predicted octanol–water partition coefficient (Wildman–Crippen LogP) is 4.57. The van der Waals surface area contributed by atoms with Crippen LogP contribution in [0.4, 0.5) is 4.79 Å². The summed E-state index contributed by atoms with van der Waals surface area (Å²) in [5.74, 6) is 2.80. The molecule has 1 aromatic rings. The lowest BCUT2D eigenvalue weighted by atomic mass is 9.83. The van der Waals surface area contributed by atoms with Crippen LogP contribution < -0.4 is 0 Å². The Kier molecular flexibility index (Phi) is 8.27. The molecule has 31 heavy (non-hydrogen) atoms. The number of amides is 2. The standard InChI is InChI=1S/C25H35NO4Si/c1-19(12-10-11-15-31(4,5)6)16-22(27)25(2,3)23(28)26-21(18-30-24(26)29)17-20-13-8-7-9-14-20/h7-9,13-14,16,21-22,27H,10,12,17-18H2,1-6H3/b19-16+/t21-,22-/m0/s1. The van der Waals surface area contributed by atoms with E-state index in [-0.39, 0.29) is 12.6 Å². The van der Waals surface area contributed by atoms with Gasteiger partial charge < -0.3 is 9.84 Å². The molecule has 1 aliphatic rings. The summed E-state index contributed by atoms with van der Waals surface area (Å²) in [6.07, 6.45) is 2.04. The molecule has 1 N–H and O–H groups in total. The second kappa shape index (κ2) is 10.3. The first-order valence-electron chi connectivity index (χ1n) is 10.8. The molecule has 2 amide bonds. The van der Waals surface area contributed by atoms with E-state index in [1.807, 2.05) is 37.3 Å². The molecule has 0 saturated carbocycles. The third-order valence-corrected chi connectivity index (χ3v) is 6.26. The number of hydrogen-bond donors (Lipinski definition) is 1. The maximum absolute atomic E-state index is 13.3. The third-order valence-electron chi connectivity index (χ3n) is 5.33. The normalized spacial score (nSPS) is 18.3. The lowest BCUT2D eigenvalue weighted by molar-refractivity contribution is -0.142. The average molecular weight is 442 g/mol. The van der Waals surface area contributed by atoms with Crippen LogP contribution >= 0.6 is 0 Å². The molecule has 6 heteroatoms. The van der Waals surface area contributed by atoms with Crippen molar-refractivity contribution < 1.29 is 19.4 Å². The Labute approximate surface area is 187 Å². The first kappa shape index (κ1) is 24.9. The zero-order chi connectivity index (χ0) is 23.2. The second-order valence-electron chi connectivity index (χ2n) is 9.83. The number of aliphatic hydroxyl groups is 1. The third kappa shape index (κ3) is 7.08. The van der Waals surface area contributed by atoms with E-state index in [9.17, 15) is 14.7 Å². The number of cyclic esters (lactones) is 1. The molecule has 1 aliphatic heterocycles. The largest absolute Gasteiger partial charge is 0.447 e. The van der Waals surface area contributed by atoms with E-state index < -0.39 is 31.6 Å². The van der Waals surface area contributed by atoms with Gasteiger partial charge in [-0.1, -0.05) is 61.6 Å². The van der Waals surface area contributed by atoms with Gasteiger partial charge in [0.05, 0.1) is 17.6 Å². The van der Waals surface area contributed by atoms with Gasteiger partial charge in [-0.25, -0.2) is 9.69 Å². The van der Waals surface area contributed by atoms with Crippen LogP contribution in [-0.4, -0.2) is 48.8 Å². The molecule has 1 fully saturated rings. The van der Waals surface area contributed by atoms with E-state index in [0.717, 1.165) is 24.0 Å². The van der Waals surface area contributed by atoms with Crippen molar-refractivity contribution in [1.82, 2.24) is 4.90 Å². The highest BCUT2D eigenvalue weighted by molar-refractivity contribution is 6.83. The summed E-state index contributed by atoms with van der Waals surface area (Å²) in [6, 6.07) is 9.32. The number of nitrogens with zero attached hydrogens (tertiary/aromatic N) is 1. The summed E-state index contributed by atoms with van der Waals surface area (Å²) in [4.78, 5) is 26.8. The number of rotatable bonds is 7. The Bertz CT molecular complexity index is 874. The minimum Gasteiger partial charge on any atom is -0.447 e. The molecule has 0 bridgehead atoms. The average Bonchev–Trinajstić information content (AvgIpc) is 3.04. The Morgan fingerprint density at radius 3 is 2.58 bits per heavy atom. The number of carbonyl (C=O) groups excluding carboxylic acids is 2. The van der Waals surface area contributed by atoms with Gasteiger partial charge in [0.2, 0.25) is 5.91 Å². The molecule has 5 nitrogen and oxygen atoms in total. The highest BCUT2D eigenvalue weighted by atomic mass is 28.3. The van der Waals surface area contributed by atoms with Gasteiger partial charge in [0.15, 0.2) is 0 Å². The Balaban J connectivity index is 2.08. The van der Waals surface area contributed by atoms with Crippen molar-refractivity contribution in [3.63, 3.8) is 0 Å². The van der Waals surface area contributed by atoms with Gasteiger partial charge in [0.1, 0.15) is 14.7 Å². The van der Waals surface area contributed by atoms with E-state index in [2.05, 4.69) is 31.1 Å². The van der Waals surface area contributed by atoms with Gasteiger partial charge >= 0.3 is 6.09 Å². The van der Waals surface area contributed by atoms with Crippen LogP contribution in [0.15, 0.2) is 42.0 Å². The highest BCUT2D eigenvalue weighted by Crippen LogP contribution is 2.30. The van der Waals surface area contributed by atoms with E-state index >= 15 is 0 Å². The van der Waals surface area contributed by atoms with E-state index in [0.29, 0.717) is 6.42 Å². The lowest BCUT2D eigenvalue weighted by Crippen LogP contribution is -2.50. The maximum atomic E-state index is 13.3. The molecule has 0 unspecified atom stereocenters. The van der Waals surface area contributed by atoms with Gasteiger partial charge in [-0.2, -0.15) is 0 Å². The van der Waals surface area contributed by atoms with Crippen molar-refractivity contribution in [3.8, 4) is 11.5 Å². The van der Waals surface area contributed by atoms with Gasteiger partial charge in [-0.05, 0) is 39.2 Å². The SMILES string of the molecule is C/C(=C\[C@H](O)C(C)(C)C(=O)N1C(=O)OC[C@@H]1Cc1ccccc1)CCC#C[Si](C)(C)C. The fraction of sp³-hybridized carbons (Fsp3) is 0.520. The number of allylic oxidation sites excluding steroid dienone is 1. The van der Waals surface area contributed by atoms with Crippen LogP contribution in [0.3, 0.4) is 0 Å². The van der Waals surface area contributed by atoms with E-state index in [1.165, 1.54) is 4.90 Å². The summed E-state index contributed by atoms with van der Waals surface area (Å²) in [7, 11) is -1.39. The topological polar surface area (TPSA) is 66.8 Å². The number of imide groups is 1. The quantitative estimate of drug-likeness (QED) is 0.382. The molecule has 0 radical (unpaired) electrons. The van der Waals surface area contributed by atoms with Gasteiger partial charge in [0, 0.05) is 6.42 Å². The zero-order valence-electron chi connectivity index (χ0n) is 19.6. The van der Waals surface area contributed by atoms with Crippen LogP contribution in [0.2, 0.25) is 19.6 Å². The van der Waals surface area contributed by atoms with Crippen LogP contribution in [-0.2, 0) is 16.0 Å². The summed E-state index contributed by atoms with van der Waals surface area (Å²) < 4.78 is 5.18. The van der Waals surface area contributed by atoms with Crippen LogP contribution in [0, 0.1) is 16.9 Å². The zero-order valence-corrected chi connectivity index (χ0v) is 20.6. The van der Waals surface area contributed by atoms with Crippen molar-refractivity contribution in [1.29, 1.82) is 0 Å². The molecule has 1 aromatic carbocycles. The minimum atomic E-state index is -1.39. The van der Waals surface area contributed by atoms with Crippen molar-refractivity contribution in [2.45, 2.75) is 71.8 Å². The van der Waals surface area contributed by atoms with Crippen LogP contribution in [0.5, 0.6) is 0 Å². The number of benzene rings is 1. The summed E-state index contributed by atoms with van der Waals surface area (Å²) >= 11 is 0. The molecule has 0 aliphatic carbocycles. The summed E-state index contributed by atoms with van der Waals surface area (Å²) in [5, 5.41) is 10.8. The molecule has 0 spiro atoms. The fourth-order valence-corrected chi connectivity index (χ4v) is 3.99. The van der Waals surface area contributed by atoms with Crippen molar-refractivity contribution in [2.24, 2.45) is 5.41 Å². The fourth-order valence-electron chi connectivity index (χ4n) is 3.33. The maximum Gasteiger partial charge on any atom is 0.417 e. The van der Waals surface area contributed by atoms with Gasteiger partial charge in [-0.3, -0.25) is 4.79 Å². The summed E-state index contributed by atoms with van der Waals surface area (Å²) in [6.45, 7) is 12.0. The second-order valence-corrected chi connectivity index (χ2v) is 14.6. The molecule has 1 saturated heterocycles. The summed E-state index contributed by atoms with van der Waals surface area (Å²) in [5.41, 5.74) is 4.17. The van der Waals surface area contributed by atoms with E-state index in [4.69, 9.17) is 4.74 Å². The predicted molar refractivity (Wildman–Crippen MR) is 126 cm³/mol. The number of hydrogen-bond acceptors (Lipinski definition) is 4. The van der Waals surface area contributed by atoms with Crippen LogP contribution in [0.25, 0.3) is 0 Å². The minimum absolute atomic E-state index is 0.163. The molecular weight excluding hydrogens is 406 g/mol. The number of ether oxygens (including phenoxy) is 1. The molecule has 0 aromatic heterocycles. The molecule has 168 valence electrons. The lowest BCUT2D eigenvalue weighted by Gasteiger charge is -2.32. The smallest absolute Gasteiger partial charge is 0.417 e. The molecule has 2 atom stereocenters. The first-order chi connectivity index (χ1) is 14.4. The van der Waals surface area contributed by atoms with E-state index in [1.54, 1.807) is 19.9 Å². The Hall–Kier alpha value is -2.36. The molecule has 1 heterocycles. The first-order valence-corrected chi connectivity index (χ1v) is 14.3. The van der Waals surface area contributed by atoms with Crippen molar-refractivity contribution >= 4 is 20.1 Å². The van der Waals surface area contributed by atoms with Crippen molar-refractivity contribution in [2.75, 3.05) is 6.61 Å². The monoisotopic (exact) mass is 441 g/mol. The Morgan fingerprint density at radius 2 is 1.97 bits per heavy atom. The number of carbonyl (C=O) groups is 2. The molecule has 2 rings (SSSR count). The van der Waals surface area contributed by atoms with Gasteiger partial charge in [0.25, 0.3) is 0 Å². The highest BCUT2D eigenvalue weighted by Gasteiger charge is 2.46. The number of aliphatic hydroxyl groups excluding tert-OH is 1. The van der Waals surface area contributed by atoms with Crippen LogP contribution in [0.1, 0.15) is 39.2 Å². The van der Waals surface area contributed by atoms with Gasteiger partial charge in [-0.15, -0.1) is 11.5 Å². The molecular formula is C25H35NO4Si.